The molecule has 2 rings (SSSR count). The van der Waals surface area contributed by atoms with E-state index in [0.29, 0.717) is 21.7 Å². The van der Waals surface area contributed by atoms with Crippen molar-refractivity contribution in [3.8, 4) is 0 Å². The van der Waals surface area contributed by atoms with Gasteiger partial charge in [-0.1, -0.05) is 85.1 Å². The van der Waals surface area contributed by atoms with Gasteiger partial charge >= 0.3 is 0 Å². The van der Waals surface area contributed by atoms with Crippen molar-refractivity contribution in [2.24, 2.45) is 0 Å². The smallest absolute Gasteiger partial charge is 0.141 e. The van der Waals surface area contributed by atoms with Crippen molar-refractivity contribution in [1.82, 2.24) is 10.6 Å². The number of thioether (sulfide) groups is 1. The lowest BCUT2D eigenvalue weighted by Crippen LogP contribution is -2.24. The van der Waals surface area contributed by atoms with Gasteiger partial charge in [-0.15, -0.1) is 0 Å². The fraction of sp³-hybridized carbons (Fsp3) is 0.125. The van der Waals surface area contributed by atoms with Gasteiger partial charge in [0.1, 0.15) is 8.64 Å². The molecule has 0 aliphatic carbocycles. The van der Waals surface area contributed by atoms with Crippen LogP contribution in [0.3, 0.4) is 0 Å². The van der Waals surface area contributed by atoms with E-state index < -0.39 is 0 Å². The van der Waals surface area contributed by atoms with Gasteiger partial charge in [0, 0.05) is 13.1 Å². The van der Waals surface area contributed by atoms with Crippen LogP contribution in [0.5, 0.6) is 0 Å². The maximum Gasteiger partial charge on any atom is 0.141 e. The van der Waals surface area contributed by atoms with Crippen molar-refractivity contribution >= 4 is 44.8 Å². The molecule has 2 aromatic rings. The number of nitrogens with one attached hydrogen (secondary N) is 2. The predicted octanol–water partition coefficient (Wildman–Crippen LogP) is 3.87. The second kappa shape index (κ2) is 8.77. The van der Waals surface area contributed by atoms with Gasteiger partial charge in [0.25, 0.3) is 0 Å². The minimum atomic E-state index is 0.685. The molecule has 0 aromatic heterocycles. The van der Waals surface area contributed by atoms with Crippen LogP contribution in [-0.2, 0) is 13.1 Å². The van der Waals surface area contributed by atoms with E-state index in [1.54, 1.807) is 0 Å². The van der Waals surface area contributed by atoms with Gasteiger partial charge in [0.05, 0.1) is 0 Å². The lowest BCUT2D eigenvalue weighted by Gasteiger charge is -2.10. The average Bonchev–Trinajstić information content (AvgIpc) is 2.53. The van der Waals surface area contributed by atoms with Crippen molar-refractivity contribution in [3.63, 3.8) is 0 Å². The predicted molar refractivity (Wildman–Crippen MR) is 99.4 cm³/mol. The van der Waals surface area contributed by atoms with Crippen LogP contribution in [0.15, 0.2) is 60.7 Å². The van der Waals surface area contributed by atoms with Crippen LogP contribution in [0.25, 0.3) is 0 Å². The van der Waals surface area contributed by atoms with Gasteiger partial charge in [-0.2, -0.15) is 0 Å². The standard InChI is InChI=1S/C16H16N2S3/c19-15(17-11-13-7-3-1-4-8-13)21-16(20)18-12-14-9-5-2-6-10-14/h1-10H,11-12H2,(H,17,19)(H,18,20). The molecule has 0 saturated carbocycles. The summed E-state index contributed by atoms with van der Waals surface area (Å²) in [5.41, 5.74) is 2.40. The highest BCUT2D eigenvalue weighted by molar-refractivity contribution is 8.37. The van der Waals surface area contributed by atoms with Crippen LogP contribution in [0.1, 0.15) is 11.1 Å². The third-order valence-electron chi connectivity index (χ3n) is 2.74. The Morgan fingerprint density at radius 3 is 1.48 bits per heavy atom. The second-order valence-electron chi connectivity index (χ2n) is 4.36. The molecule has 5 heteroatoms. The topological polar surface area (TPSA) is 24.1 Å². The lowest BCUT2D eigenvalue weighted by molar-refractivity contribution is 0.936. The Hall–Kier alpha value is -1.43. The molecule has 0 aliphatic heterocycles. The molecule has 0 heterocycles. The van der Waals surface area contributed by atoms with Gasteiger partial charge in [0.15, 0.2) is 0 Å². The van der Waals surface area contributed by atoms with Gasteiger partial charge in [-0.05, 0) is 22.9 Å². The van der Waals surface area contributed by atoms with Crippen LogP contribution < -0.4 is 10.6 Å². The lowest BCUT2D eigenvalue weighted by atomic mass is 10.2. The van der Waals surface area contributed by atoms with E-state index in [1.807, 2.05) is 36.4 Å². The van der Waals surface area contributed by atoms with Crippen molar-refractivity contribution in [2.45, 2.75) is 13.1 Å². The molecule has 21 heavy (non-hydrogen) atoms. The zero-order chi connectivity index (χ0) is 14.9. The van der Waals surface area contributed by atoms with E-state index in [9.17, 15) is 0 Å². The van der Waals surface area contributed by atoms with Crippen LogP contribution in [0.4, 0.5) is 0 Å². The molecule has 0 radical (unpaired) electrons. The minimum absolute atomic E-state index is 0.685. The largest absolute Gasteiger partial charge is 0.367 e. The Bertz CT molecular complexity index is 531. The molecule has 2 N–H and O–H groups in total. The summed E-state index contributed by atoms with van der Waals surface area (Å²) in [6.07, 6.45) is 0. The first kappa shape index (κ1) is 15.9. The summed E-state index contributed by atoms with van der Waals surface area (Å²) in [5, 5.41) is 6.39. The highest BCUT2D eigenvalue weighted by Gasteiger charge is 2.03. The first-order valence-corrected chi connectivity index (χ1v) is 8.19. The second-order valence-corrected chi connectivity index (χ2v) is 6.71. The Morgan fingerprint density at radius 1 is 0.714 bits per heavy atom. The number of thiocarbonyl (C=S) groups is 2. The molecule has 2 nitrogen and oxygen atoms in total. The van der Waals surface area contributed by atoms with E-state index in [0.717, 1.165) is 0 Å². The summed E-state index contributed by atoms with van der Waals surface area (Å²) in [6, 6.07) is 20.3. The summed E-state index contributed by atoms with van der Waals surface area (Å²) < 4.78 is 1.37. The Balaban J connectivity index is 1.69. The fourth-order valence-electron chi connectivity index (χ4n) is 1.70. The summed E-state index contributed by atoms with van der Waals surface area (Å²) in [7, 11) is 0. The molecule has 0 unspecified atom stereocenters. The van der Waals surface area contributed by atoms with E-state index in [2.05, 4.69) is 34.9 Å². The molecule has 2 aromatic carbocycles. The highest BCUT2D eigenvalue weighted by Crippen LogP contribution is 2.07. The molecule has 0 amide bonds. The van der Waals surface area contributed by atoms with Gasteiger partial charge in [-0.3, -0.25) is 0 Å². The third kappa shape index (κ3) is 6.25. The van der Waals surface area contributed by atoms with Gasteiger partial charge in [-0.25, -0.2) is 0 Å². The average molecular weight is 333 g/mol. The molecule has 0 atom stereocenters. The van der Waals surface area contributed by atoms with Crippen molar-refractivity contribution < 1.29 is 0 Å². The molecule has 0 spiro atoms. The third-order valence-corrected chi connectivity index (χ3v) is 4.19. The minimum Gasteiger partial charge on any atom is -0.367 e. The van der Waals surface area contributed by atoms with Gasteiger partial charge in [0.2, 0.25) is 0 Å². The quantitative estimate of drug-likeness (QED) is 0.828. The van der Waals surface area contributed by atoms with E-state index in [1.165, 1.54) is 22.9 Å². The zero-order valence-electron chi connectivity index (χ0n) is 11.4. The number of hydrogen-bond donors (Lipinski definition) is 2. The Kier molecular flexibility index (Phi) is 6.66. The normalized spacial score (nSPS) is 9.90. The number of benzene rings is 2. The van der Waals surface area contributed by atoms with Crippen molar-refractivity contribution in [1.29, 1.82) is 0 Å². The zero-order valence-corrected chi connectivity index (χ0v) is 13.9. The molecule has 0 aliphatic rings. The highest BCUT2D eigenvalue weighted by atomic mass is 32.2. The van der Waals surface area contributed by atoms with Crippen LogP contribution in [0.2, 0.25) is 0 Å². The Labute approximate surface area is 140 Å². The monoisotopic (exact) mass is 332 g/mol. The summed E-state index contributed by atoms with van der Waals surface area (Å²) in [5.74, 6) is 0. The summed E-state index contributed by atoms with van der Waals surface area (Å²) >= 11 is 11.9. The summed E-state index contributed by atoms with van der Waals surface area (Å²) in [4.78, 5) is 0. The van der Waals surface area contributed by atoms with Crippen LogP contribution in [0, 0.1) is 0 Å². The SMILES string of the molecule is S=C(NCc1ccccc1)SC(=S)NCc1ccccc1. The molecule has 108 valence electrons. The number of hydrogen-bond acceptors (Lipinski definition) is 3. The van der Waals surface area contributed by atoms with Crippen molar-refractivity contribution in [3.05, 3.63) is 71.8 Å². The number of rotatable bonds is 4. The molecule has 0 bridgehead atoms. The fourth-order valence-corrected chi connectivity index (χ4v) is 2.96. The van der Waals surface area contributed by atoms with E-state index in [-0.39, 0.29) is 0 Å². The van der Waals surface area contributed by atoms with Crippen LogP contribution in [-0.4, -0.2) is 8.64 Å². The van der Waals surface area contributed by atoms with E-state index >= 15 is 0 Å². The molecule has 0 fully saturated rings. The van der Waals surface area contributed by atoms with Gasteiger partial charge < -0.3 is 10.6 Å². The molecular formula is C16H16N2S3. The maximum atomic E-state index is 5.28. The Morgan fingerprint density at radius 2 is 1.10 bits per heavy atom. The van der Waals surface area contributed by atoms with Crippen molar-refractivity contribution in [2.75, 3.05) is 0 Å². The molecular weight excluding hydrogens is 316 g/mol. The molecule has 0 saturated heterocycles. The first-order chi connectivity index (χ1) is 10.2. The first-order valence-electron chi connectivity index (χ1n) is 6.55. The van der Waals surface area contributed by atoms with E-state index in [4.69, 9.17) is 24.4 Å². The summed E-state index contributed by atoms with van der Waals surface area (Å²) in [6.45, 7) is 1.43. The maximum absolute atomic E-state index is 5.28. The van der Waals surface area contributed by atoms with Crippen LogP contribution >= 0.6 is 36.2 Å².